The van der Waals surface area contributed by atoms with Crippen LogP contribution in [0.4, 0.5) is 4.39 Å². The third-order valence-electron chi connectivity index (χ3n) is 3.01. The van der Waals surface area contributed by atoms with Crippen LogP contribution in [0.15, 0.2) is 40.8 Å². The number of nitrogens with one attached hydrogen (secondary N) is 2. The molecule has 0 saturated heterocycles. The Morgan fingerprint density at radius 3 is 2.70 bits per heavy atom. The highest BCUT2D eigenvalue weighted by atomic mass is 19.1. The van der Waals surface area contributed by atoms with Gasteiger partial charge in [-0.2, -0.15) is 0 Å². The summed E-state index contributed by atoms with van der Waals surface area (Å²) in [6, 6.07) is 9.04. The number of carbonyl (C=O) groups is 2. The Bertz CT molecular complexity index is 684. The number of ether oxygens (including phenoxy) is 1. The lowest BCUT2D eigenvalue weighted by Gasteiger charge is -2.05. The van der Waals surface area contributed by atoms with Gasteiger partial charge in [0.25, 0.3) is 5.91 Å². The molecule has 0 bridgehead atoms. The predicted molar refractivity (Wildman–Crippen MR) is 81.3 cm³/mol. The second-order valence-electron chi connectivity index (χ2n) is 4.67. The number of rotatable bonds is 7. The largest absolute Gasteiger partial charge is 0.451 e. The van der Waals surface area contributed by atoms with Crippen LogP contribution in [0, 0.1) is 5.82 Å². The topological polar surface area (TPSA) is 80.6 Å². The highest BCUT2D eigenvalue weighted by Crippen LogP contribution is 2.24. The van der Waals surface area contributed by atoms with Crippen LogP contribution in [0.1, 0.15) is 10.6 Å². The molecule has 0 atom stereocenters. The maximum Gasteiger partial charge on any atom is 0.287 e. The number of halogens is 1. The van der Waals surface area contributed by atoms with Gasteiger partial charge in [-0.3, -0.25) is 9.59 Å². The zero-order valence-corrected chi connectivity index (χ0v) is 12.6. The number of benzene rings is 1. The molecule has 1 aromatic heterocycles. The van der Waals surface area contributed by atoms with Crippen LogP contribution in [0.5, 0.6) is 0 Å². The Hall–Kier alpha value is -2.67. The molecule has 0 fully saturated rings. The summed E-state index contributed by atoms with van der Waals surface area (Å²) in [5.74, 6) is -1.07. The van der Waals surface area contributed by atoms with E-state index in [9.17, 15) is 14.0 Å². The van der Waals surface area contributed by atoms with Gasteiger partial charge >= 0.3 is 0 Å². The Morgan fingerprint density at radius 2 is 1.96 bits per heavy atom. The number of amides is 2. The molecule has 2 amide bonds. The van der Waals surface area contributed by atoms with Crippen molar-refractivity contribution in [3.63, 3.8) is 0 Å². The summed E-state index contributed by atoms with van der Waals surface area (Å²) < 4.78 is 23.8. The second kappa shape index (κ2) is 8.09. The van der Waals surface area contributed by atoms with E-state index in [1.54, 1.807) is 18.2 Å². The van der Waals surface area contributed by atoms with E-state index in [1.165, 1.54) is 25.3 Å². The molecule has 2 N–H and O–H groups in total. The van der Waals surface area contributed by atoms with Gasteiger partial charge in [0.2, 0.25) is 5.91 Å². The molecule has 0 aliphatic rings. The van der Waals surface area contributed by atoms with E-state index in [4.69, 9.17) is 9.15 Å². The Labute approximate surface area is 132 Å². The molecule has 0 saturated carbocycles. The molecule has 7 heteroatoms. The highest BCUT2D eigenvalue weighted by Gasteiger charge is 2.14. The Balaban J connectivity index is 1.91. The maximum absolute atomic E-state index is 13.7. The SMILES string of the molecule is COCCNC(=O)CNC(=O)c1ccc(-c2ccccc2F)o1. The molecule has 2 aromatic rings. The summed E-state index contributed by atoms with van der Waals surface area (Å²) in [6.07, 6.45) is 0. The van der Waals surface area contributed by atoms with Gasteiger partial charge in [0.1, 0.15) is 11.6 Å². The number of furan rings is 1. The molecular weight excluding hydrogens is 303 g/mol. The molecule has 0 spiro atoms. The molecule has 1 heterocycles. The predicted octanol–water partition coefficient (Wildman–Crippen LogP) is 1.58. The second-order valence-corrected chi connectivity index (χ2v) is 4.67. The van der Waals surface area contributed by atoms with Crippen molar-refractivity contribution in [1.82, 2.24) is 10.6 Å². The van der Waals surface area contributed by atoms with Crippen molar-refractivity contribution >= 4 is 11.8 Å². The monoisotopic (exact) mass is 320 g/mol. The zero-order valence-electron chi connectivity index (χ0n) is 12.6. The lowest BCUT2D eigenvalue weighted by molar-refractivity contribution is -0.120. The minimum Gasteiger partial charge on any atom is -0.451 e. The molecule has 6 nitrogen and oxygen atoms in total. The van der Waals surface area contributed by atoms with Crippen molar-refractivity contribution in [3.05, 3.63) is 48.0 Å². The Morgan fingerprint density at radius 1 is 1.17 bits per heavy atom. The first-order valence-electron chi connectivity index (χ1n) is 7.00. The summed E-state index contributed by atoms with van der Waals surface area (Å²) in [7, 11) is 1.53. The van der Waals surface area contributed by atoms with Gasteiger partial charge in [-0.1, -0.05) is 12.1 Å². The molecule has 0 unspecified atom stereocenters. The van der Waals surface area contributed by atoms with E-state index in [0.29, 0.717) is 13.2 Å². The van der Waals surface area contributed by atoms with E-state index in [0.717, 1.165) is 0 Å². The minimum atomic E-state index is -0.547. The first-order valence-corrected chi connectivity index (χ1v) is 7.00. The smallest absolute Gasteiger partial charge is 0.287 e. The highest BCUT2D eigenvalue weighted by molar-refractivity contribution is 5.94. The van der Waals surface area contributed by atoms with E-state index >= 15 is 0 Å². The molecule has 23 heavy (non-hydrogen) atoms. The number of hydrogen-bond donors (Lipinski definition) is 2. The van der Waals surface area contributed by atoms with Crippen LogP contribution in [0.25, 0.3) is 11.3 Å². The molecule has 0 radical (unpaired) electrons. The third kappa shape index (κ3) is 4.65. The van der Waals surface area contributed by atoms with Gasteiger partial charge in [0.15, 0.2) is 5.76 Å². The van der Waals surface area contributed by atoms with Gasteiger partial charge in [-0.15, -0.1) is 0 Å². The first kappa shape index (κ1) is 16.7. The van der Waals surface area contributed by atoms with Crippen LogP contribution in [0.3, 0.4) is 0 Å². The first-order chi connectivity index (χ1) is 11.1. The fourth-order valence-electron chi connectivity index (χ4n) is 1.87. The van der Waals surface area contributed by atoms with Crippen molar-refractivity contribution in [1.29, 1.82) is 0 Å². The van der Waals surface area contributed by atoms with Gasteiger partial charge in [-0.05, 0) is 24.3 Å². The van der Waals surface area contributed by atoms with Gasteiger partial charge in [-0.25, -0.2) is 4.39 Å². The average Bonchev–Trinajstić information content (AvgIpc) is 3.03. The number of carbonyl (C=O) groups excluding carboxylic acids is 2. The molecule has 122 valence electrons. The quantitative estimate of drug-likeness (QED) is 0.759. The van der Waals surface area contributed by atoms with E-state index in [-0.39, 0.29) is 29.5 Å². The molecule has 0 aliphatic carbocycles. The summed E-state index contributed by atoms with van der Waals surface area (Å²) in [5, 5.41) is 5.00. The summed E-state index contributed by atoms with van der Waals surface area (Å²) in [5.41, 5.74) is 0.267. The van der Waals surface area contributed by atoms with E-state index in [2.05, 4.69) is 10.6 Å². The van der Waals surface area contributed by atoms with Crippen molar-refractivity contribution in [3.8, 4) is 11.3 Å². The average molecular weight is 320 g/mol. The third-order valence-corrected chi connectivity index (χ3v) is 3.01. The van der Waals surface area contributed by atoms with Crippen molar-refractivity contribution in [2.24, 2.45) is 0 Å². The van der Waals surface area contributed by atoms with Crippen molar-refractivity contribution in [2.75, 3.05) is 26.8 Å². The fraction of sp³-hybridized carbons (Fsp3) is 0.250. The normalized spacial score (nSPS) is 10.3. The standard InChI is InChI=1S/C16H17FN2O4/c1-22-9-8-18-15(20)10-19-16(21)14-7-6-13(23-14)11-4-2-3-5-12(11)17/h2-7H,8-10H2,1H3,(H,18,20)(H,19,21). The van der Waals surface area contributed by atoms with E-state index in [1.807, 2.05) is 0 Å². The molecule has 1 aromatic carbocycles. The van der Waals surface area contributed by atoms with Crippen LogP contribution in [-0.2, 0) is 9.53 Å². The van der Waals surface area contributed by atoms with Gasteiger partial charge < -0.3 is 19.8 Å². The lowest BCUT2D eigenvalue weighted by atomic mass is 10.1. The molecular formula is C16H17FN2O4. The van der Waals surface area contributed by atoms with Crippen LogP contribution >= 0.6 is 0 Å². The Kier molecular flexibility index (Phi) is 5.87. The van der Waals surface area contributed by atoms with Gasteiger partial charge in [0, 0.05) is 13.7 Å². The molecule has 0 aliphatic heterocycles. The zero-order chi connectivity index (χ0) is 16.7. The van der Waals surface area contributed by atoms with Crippen molar-refractivity contribution < 1.29 is 23.1 Å². The fourth-order valence-corrected chi connectivity index (χ4v) is 1.87. The van der Waals surface area contributed by atoms with E-state index < -0.39 is 11.7 Å². The summed E-state index contributed by atoms with van der Waals surface area (Å²) in [6.45, 7) is 0.575. The van der Waals surface area contributed by atoms with Gasteiger partial charge in [0.05, 0.1) is 18.7 Å². The lowest BCUT2D eigenvalue weighted by Crippen LogP contribution is -2.38. The van der Waals surface area contributed by atoms with Crippen LogP contribution in [0.2, 0.25) is 0 Å². The maximum atomic E-state index is 13.7. The number of hydrogen-bond acceptors (Lipinski definition) is 4. The summed E-state index contributed by atoms with van der Waals surface area (Å²) in [4.78, 5) is 23.4. The summed E-state index contributed by atoms with van der Waals surface area (Å²) >= 11 is 0. The van der Waals surface area contributed by atoms with Crippen LogP contribution in [-0.4, -0.2) is 38.6 Å². The number of methoxy groups -OCH3 is 1. The minimum absolute atomic E-state index is 0.00736. The molecule has 2 rings (SSSR count). The van der Waals surface area contributed by atoms with Crippen molar-refractivity contribution in [2.45, 2.75) is 0 Å². The van der Waals surface area contributed by atoms with Crippen LogP contribution < -0.4 is 10.6 Å².